The number of benzene rings is 2. The van der Waals surface area contributed by atoms with E-state index in [1.165, 1.54) is 18.5 Å². The number of piperazine rings is 1. The molecule has 2 atom stereocenters. The Labute approximate surface area is 286 Å². The standard InChI is InChI=1S/C37H45N9O3/c47-36(41-27-6-8-28(9-7-27)44-19-17-38-18-20-44)40-26-4-2-25(3-5-26)33-42-34(45-23-30-10-11-31(24-45)49-30)32-22-39-46(35(32)43-33)29-12-15-37(16-13-29)14-1-21-48-37/h2-9,22,29-31,38H,1,10-21,23-24H2,(H2,40,41,47)/t29-,30?,31?,37-. The number of hydrogen-bond donors (Lipinski definition) is 3. The summed E-state index contributed by atoms with van der Waals surface area (Å²) in [6, 6.07) is 15.8. The van der Waals surface area contributed by atoms with E-state index in [2.05, 4.69) is 42.6 Å². The molecule has 12 nitrogen and oxygen atoms in total. The second-order valence-corrected chi connectivity index (χ2v) is 14.4. The number of carbonyl (C=O) groups is 1. The fourth-order valence-electron chi connectivity index (χ4n) is 8.53. The molecule has 5 fully saturated rings. The van der Waals surface area contributed by atoms with Crippen LogP contribution in [0, 0.1) is 0 Å². The maximum absolute atomic E-state index is 12.9. The average molecular weight is 664 g/mol. The summed E-state index contributed by atoms with van der Waals surface area (Å²) in [5.74, 6) is 1.59. The van der Waals surface area contributed by atoms with Crippen LogP contribution in [0.5, 0.6) is 0 Å². The molecule has 6 heterocycles. The van der Waals surface area contributed by atoms with Crippen molar-refractivity contribution in [1.29, 1.82) is 0 Å². The number of urea groups is 1. The minimum absolute atomic E-state index is 0.0695. The smallest absolute Gasteiger partial charge is 0.323 e. The summed E-state index contributed by atoms with van der Waals surface area (Å²) < 4.78 is 14.5. The van der Waals surface area contributed by atoms with Crippen molar-refractivity contribution in [2.75, 3.05) is 66.3 Å². The molecule has 49 heavy (non-hydrogen) atoms. The lowest BCUT2D eigenvalue weighted by molar-refractivity contribution is -0.0337. The Bertz CT molecular complexity index is 1780. The number of hydrogen-bond acceptors (Lipinski definition) is 9. The van der Waals surface area contributed by atoms with E-state index >= 15 is 0 Å². The molecule has 4 saturated heterocycles. The summed E-state index contributed by atoms with van der Waals surface area (Å²) in [6.45, 7) is 6.48. The molecule has 0 radical (unpaired) electrons. The van der Waals surface area contributed by atoms with Gasteiger partial charge in [-0.3, -0.25) is 0 Å². The number of fused-ring (bicyclic) bond motifs is 3. The summed E-state index contributed by atoms with van der Waals surface area (Å²) in [7, 11) is 0. The number of rotatable bonds is 6. The highest BCUT2D eigenvalue weighted by molar-refractivity contribution is 6.00. The molecule has 1 spiro atoms. The molecule has 12 heteroatoms. The Kier molecular flexibility index (Phi) is 8.09. The van der Waals surface area contributed by atoms with Gasteiger partial charge in [-0.05, 0) is 99.9 Å². The van der Waals surface area contributed by atoms with Crippen LogP contribution in [0.1, 0.15) is 57.4 Å². The molecule has 4 aliphatic heterocycles. The lowest BCUT2D eigenvalue weighted by Gasteiger charge is -2.36. The van der Waals surface area contributed by atoms with Gasteiger partial charge in [0.25, 0.3) is 0 Å². The molecule has 9 rings (SSSR count). The van der Waals surface area contributed by atoms with E-state index in [-0.39, 0.29) is 29.9 Å². The molecule has 1 aliphatic carbocycles. The van der Waals surface area contributed by atoms with E-state index in [9.17, 15) is 4.79 Å². The van der Waals surface area contributed by atoms with E-state index in [1.54, 1.807) is 0 Å². The highest BCUT2D eigenvalue weighted by Crippen LogP contribution is 2.44. The van der Waals surface area contributed by atoms with Gasteiger partial charge in [-0.25, -0.2) is 19.4 Å². The first-order valence-electron chi connectivity index (χ1n) is 18.1. The fourth-order valence-corrected chi connectivity index (χ4v) is 8.53. The van der Waals surface area contributed by atoms with E-state index in [0.717, 1.165) is 113 Å². The molecule has 5 aliphatic rings. The van der Waals surface area contributed by atoms with Crippen molar-refractivity contribution >= 4 is 39.9 Å². The summed E-state index contributed by atoms with van der Waals surface area (Å²) >= 11 is 0. The SMILES string of the molecule is O=C(Nc1ccc(-c2nc(N3CC4CCC(C3)O4)c3cnn([C@H]4CC[C@@]5(CCCO5)CC4)c3n2)cc1)Nc1ccc(N2CCNCC2)cc1. The van der Waals surface area contributed by atoms with Gasteiger partial charge in [0.2, 0.25) is 0 Å². The van der Waals surface area contributed by atoms with Crippen LogP contribution in [-0.4, -0.2) is 89.5 Å². The van der Waals surface area contributed by atoms with Crippen molar-refractivity contribution in [2.24, 2.45) is 0 Å². The Hall–Kier alpha value is -4.26. The second kappa shape index (κ2) is 12.9. The third-order valence-electron chi connectivity index (χ3n) is 11.2. The number of amides is 2. The van der Waals surface area contributed by atoms with Gasteiger partial charge in [-0.2, -0.15) is 5.10 Å². The topological polar surface area (TPSA) is 122 Å². The van der Waals surface area contributed by atoms with E-state index in [1.807, 2.05) is 42.6 Å². The highest BCUT2D eigenvalue weighted by Gasteiger charge is 2.40. The predicted molar refractivity (Wildman–Crippen MR) is 190 cm³/mol. The van der Waals surface area contributed by atoms with Gasteiger partial charge in [-0.1, -0.05) is 0 Å². The summed E-state index contributed by atoms with van der Waals surface area (Å²) in [6.07, 6.45) is 11.2. The highest BCUT2D eigenvalue weighted by atomic mass is 16.5. The van der Waals surface area contributed by atoms with Gasteiger partial charge in [-0.15, -0.1) is 0 Å². The van der Waals surface area contributed by atoms with E-state index < -0.39 is 0 Å². The molecule has 2 unspecified atom stereocenters. The van der Waals surface area contributed by atoms with Crippen LogP contribution >= 0.6 is 0 Å². The summed E-state index contributed by atoms with van der Waals surface area (Å²) in [4.78, 5) is 28.0. The molecule has 4 aromatic rings. The number of aromatic nitrogens is 4. The molecule has 256 valence electrons. The van der Waals surface area contributed by atoms with Crippen molar-refractivity contribution in [2.45, 2.75) is 75.2 Å². The predicted octanol–water partition coefficient (Wildman–Crippen LogP) is 5.58. The van der Waals surface area contributed by atoms with Crippen LogP contribution < -0.4 is 25.8 Å². The Balaban J connectivity index is 0.942. The Morgan fingerprint density at radius 3 is 2.20 bits per heavy atom. The number of carbonyl (C=O) groups excluding carboxylic acids is 1. The minimum Gasteiger partial charge on any atom is -0.375 e. The van der Waals surface area contributed by atoms with Crippen LogP contribution in [0.25, 0.3) is 22.4 Å². The molecule has 2 aromatic carbocycles. The van der Waals surface area contributed by atoms with Crippen LogP contribution in [0.15, 0.2) is 54.7 Å². The van der Waals surface area contributed by atoms with E-state index in [4.69, 9.17) is 24.5 Å². The van der Waals surface area contributed by atoms with Crippen LogP contribution in [0.3, 0.4) is 0 Å². The van der Waals surface area contributed by atoms with Gasteiger partial charge in [0, 0.05) is 68.5 Å². The maximum Gasteiger partial charge on any atom is 0.323 e. The third-order valence-corrected chi connectivity index (χ3v) is 11.2. The Morgan fingerprint density at radius 1 is 0.837 bits per heavy atom. The fraction of sp³-hybridized carbons (Fsp3) is 0.514. The van der Waals surface area contributed by atoms with Crippen molar-refractivity contribution in [3.63, 3.8) is 0 Å². The monoisotopic (exact) mass is 663 g/mol. The van der Waals surface area contributed by atoms with Gasteiger partial charge in [0.05, 0.1) is 35.4 Å². The average Bonchev–Trinajstić information content (AvgIpc) is 3.87. The second-order valence-electron chi connectivity index (χ2n) is 14.4. The zero-order valence-corrected chi connectivity index (χ0v) is 27.9. The molecule has 1 saturated carbocycles. The number of anilines is 4. The lowest BCUT2D eigenvalue weighted by Crippen LogP contribution is -2.43. The first-order chi connectivity index (χ1) is 24.1. The van der Waals surface area contributed by atoms with Crippen molar-refractivity contribution < 1.29 is 14.3 Å². The van der Waals surface area contributed by atoms with Crippen LogP contribution in [0.2, 0.25) is 0 Å². The van der Waals surface area contributed by atoms with Gasteiger partial charge in [0.1, 0.15) is 5.82 Å². The largest absolute Gasteiger partial charge is 0.375 e. The first kappa shape index (κ1) is 30.8. The maximum atomic E-state index is 12.9. The van der Waals surface area contributed by atoms with Crippen molar-refractivity contribution in [3.8, 4) is 11.4 Å². The zero-order chi connectivity index (χ0) is 32.8. The third kappa shape index (κ3) is 6.21. The number of nitrogens with zero attached hydrogens (tertiary/aromatic N) is 6. The molecular weight excluding hydrogens is 618 g/mol. The number of ether oxygens (including phenoxy) is 2. The van der Waals surface area contributed by atoms with Crippen LogP contribution in [-0.2, 0) is 9.47 Å². The molecule has 2 bridgehead atoms. The van der Waals surface area contributed by atoms with Gasteiger partial charge in [0.15, 0.2) is 11.5 Å². The van der Waals surface area contributed by atoms with Crippen molar-refractivity contribution in [1.82, 2.24) is 25.1 Å². The lowest BCUT2D eigenvalue weighted by atomic mass is 9.80. The van der Waals surface area contributed by atoms with Crippen LogP contribution in [0.4, 0.5) is 27.7 Å². The molecule has 2 aromatic heterocycles. The quantitative estimate of drug-likeness (QED) is 0.243. The minimum atomic E-state index is -0.286. The zero-order valence-electron chi connectivity index (χ0n) is 27.9. The first-order valence-corrected chi connectivity index (χ1v) is 18.1. The van der Waals surface area contributed by atoms with E-state index in [0.29, 0.717) is 11.5 Å². The number of morpholine rings is 1. The number of nitrogens with one attached hydrogen (secondary N) is 3. The molecule has 2 amide bonds. The summed E-state index contributed by atoms with van der Waals surface area (Å²) in [5, 5.41) is 15.2. The van der Waals surface area contributed by atoms with Gasteiger partial charge >= 0.3 is 6.03 Å². The molecular formula is C37H45N9O3. The summed E-state index contributed by atoms with van der Waals surface area (Å²) in [5.41, 5.74) is 4.46. The normalized spacial score (nSPS) is 26.8. The molecule has 3 N–H and O–H groups in total. The van der Waals surface area contributed by atoms with Crippen molar-refractivity contribution in [3.05, 3.63) is 54.7 Å². The Morgan fingerprint density at radius 2 is 1.53 bits per heavy atom. The van der Waals surface area contributed by atoms with Gasteiger partial charge < -0.3 is 35.2 Å².